The summed E-state index contributed by atoms with van der Waals surface area (Å²) < 4.78 is 12.0. The molecule has 2 heterocycles. The van der Waals surface area contributed by atoms with Gasteiger partial charge in [-0.1, -0.05) is 0 Å². The highest BCUT2D eigenvalue weighted by atomic mass is 16.7. The van der Waals surface area contributed by atoms with E-state index in [0.717, 1.165) is 13.1 Å². The fourth-order valence-electron chi connectivity index (χ4n) is 1.95. The Bertz CT molecular complexity index is 288. The van der Waals surface area contributed by atoms with Crippen molar-refractivity contribution in [1.29, 1.82) is 0 Å². The van der Waals surface area contributed by atoms with Crippen LogP contribution in [0.3, 0.4) is 0 Å². The van der Waals surface area contributed by atoms with E-state index in [4.69, 9.17) is 9.31 Å². The number of hydrogen-bond acceptors (Lipinski definition) is 4. The summed E-state index contributed by atoms with van der Waals surface area (Å²) >= 11 is 0. The van der Waals surface area contributed by atoms with Crippen molar-refractivity contribution < 1.29 is 9.31 Å². The third-order valence-corrected chi connectivity index (χ3v) is 3.83. The van der Waals surface area contributed by atoms with Gasteiger partial charge >= 0.3 is 7.12 Å². The Morgan fingerprint density at radius 2 is 1.88 bits per heavy atom. The van der Waals surface area contributed by atoms with E-state index in [1.165, 1.54) is 0 Å². The van der Waals surface area contributed by atoms with Gasteiger partial charge in [0.25, 0.3) is 0 Å². The standard InChI is InChI=1S/C11H21BN2O2/c1-6-14-8-9(7-13-14)12-15-10(2,3)11(4,5)16-12/h7,9H,6,8H2,1-5H3. The van der Waals surface area contributed by atoms with Gasteiger partial charge in [-0.25, -0.2) is 0 Å². The van der Waals surface area contributed by atoms with Crippen molar-refractivity contribution in [2.24, 2.45) is 5.10 Å². The monoisotopic (exact) mass is 224 g/mol. The summed E-state index contributed by atoms with van der Waals surface area (Å²) in [5.74, 6) is 0.251. The zero-order valence-corrected chi connectivity index (χ0v) is 10.9. The SMILES string of the molecule is CCN1CC(B2OC(C)(C)C(C)(C)O2)C=N1. The van der Waals surface area contributed by atoms with Crippen molar-refractivity contribution in [2.45, 2.75) is 51.6 Å². The van der Waals surface area contributed by atoms with Crippen LogP contribution in [0.5, 0.6) is 0 Å². The summed E-state index contributed by atoms with van der Waals surface area (Å²) in [5.41, 5.74) is -0.490. The lowest BCUT2D eigenvalue weighted by atomic mass is 9.73. The molecule has 0 aromatic rings. The summed E-state index contributed by atoms with van der Waals surface area (Å²) in [4.78, 5) is 0. The Morgan fingerprint density at radius 3 is 2.31 bits per heavy atom. The summed E-state index contributed by atoms with van der Waals surface area (Å²) in [5, 5.41) is 6.36. The molecule has 0 saturated carbocycles. The molecule has 0 aromatic heterocycles. The van der Waals surface area contributed by atoms with Crippen LogP contribution in [0.4, 0.5) is 0 Å². The van der Waals surface area contributed by atoms with E-state index in [-0.39, 0.29) is 24.1 Å². The summed E-state index contributed by atoms with van der Waals surface area (Å²) in [6, 6.07) is 0. The fourth-order valence-corrected chi connectivity index (χ4v) is 1.95. The molecule has 2 rings (SSSR count). The smallest absolute Gasteiger partial charge is 0.403 e. The van der Waals surface area contributed by atoms with E-state index >= 15 is 0 Å². The highest BCUT2D eigenvalue weighted by Gasteiger charge is 2.54. The zero-order chi connectivity index (χ0) is 12.0. The van der Waals surface area contributed by atoms with Gasteiger partial charge in [-0.2, -0.15) is 5.10 Å². The van der Waals surface area contributed by atoms with Crippen LogP contribution in [0, 0.1) is 0 Å². The van der Waals surface area contributed by atoms with E-state index in [2.05, 4.69) is 39.7 Å². The molecule has 0 spiro atoms. The van der Waals surface area contributed by atoms with Crippen LogP contribution in [0.15, 0.2) is 5.10 Å². The third-order valence-electron chi connectivity index (χ3n) is 3.83. The molecule has 2 aliphatic rings. The van der Waals surface area contributed by atoms with Crippen LogP contribution in [-0.4, -0.2) is 42.6 Å². The first kappa shape index (κ1) is 11.9. The summed E-state index contributed by atoms with van der Waals surface area (Å²) in [6.07, 6.45) is 1.95. The van der Waals surface area contributed by atoms with Crippen LogP contribution in [0.25, 0.3) is 0 Å². The van der Waals surface area contributed by atoms with Gasteiger partial charge in [-0.3, -0.25) is 5.01 Å². The van der Waals surface area contributed by atoms with Crippen molar-refractivity contribution in [2.75, 3.05) is 13.1 Å². The molecule has 1 saturated heterocycles. The second-order valence-electron chi connectivity index (χ2n) is 5.56. The van der Waals surface area contributed by atoms with Crippen molar-refractivity contribution >= 4 is 13.3 Å². The molecular weight excluding hydrogens is 203 g/mol. The second-order valence-corrected chi connectivity index (χ2v) is 5.56. The molecule has 1 unspecified atom stereocenters. The van der Waals surface area contributed by atoms with Crippen LogP contribution >= 0.6 is 0 Å². The molecule has 2 aliphatic heterocycles. The normalized spacial score (nSPS) is 31.4. The van der Waals surface area contributed by atoms with Gasteiger partial charge < -0.3 is 9.31 Å². The molecule has 0 radical (unpaired) electrons. The maximum Gasteiger partial charge on any atom is 0.468 e. The minimum absolute atomic E-state index is 0.162. The maximum atomic E-state index is 6.00. The highest BCUT2D eigenvalue weighted by molar-refractivity contribution is 6.52. The predicted octanol–water partition coefficient (Wildman–Crippen LogP) is 1.77. The first-order valence-electron chi connectivity index (χ1n) is 6.00. The average molecular weight is 224 g/mol. The van der Waals surface area contributed by atoms with E-state index in [0.29, 0.717) is 0 Å². The first-order valence-corrected chi connectivity index (χ1v) is 6.00. The topological polar surface area (TPSA) is 34.1 Å². The lowest BCUT2D eigenvalue weighted by Crippen LogP contribution is -2.41. The average Bonchev–Trinajstić information content (AvgIpc) is 2.70. The molecule has 0 aliphatic carbocycles. The second kappa shape index (κ2) is 3.74. The van der Waals surface area contributed by atoms with Gasteiger partial charge in [0.15, 0.2) is 0 Å². The number of rotatable bonds is 2. The van der Waals surface area contributed by atoms with Crippen LogP contribution in [0.1, 0.15) is 34.6 Å². The van der Waals surface area contributed by atoms with Crippen LogP contribution in [-0.2, 0) is 9.31 Å². The largest absolute Gasteiger partial charge is 0.468 e. The van der Waals surface area contributed by atoms with Crippen LogP contribution in [0.2, 0.25) is 5.82 Å². The fraction of sp³-hybridized carbons (Fsp3) is 0.909. The molecule has 16 heavy (non-hydrogen) atoms. The van der Waals surface area contributed by atoms with E-state index in [9.17, 15) is 0 Å². The summed E-state index contributed by atoms with van der Waals surface area (Å²) in [7, 11) is -0.162. The Kier molecular flexibility index (Phi) is 2.79. The lowest BCUT2D eigenvalue weighted by molar-refractivity contribution is 0.00578. The van der Waals surface area contributed by atoms with E-state index in [1.807, 2.05) is 11.2 Å². The van der Waals surface area contributed by atoms with Gasteiger partial charge in [0.1, 0.15) is 0 Å². The Labute approximate surface area is 98.1 Å². The Hall–Kier alpha value is -0.545. The molecule has 90 valence electrons. The number of hydrogen-bond donors (Lipinski definition) is 0. The highest BCUT2D eigenvalue weighted by Crippen LogP contribution is 2.40. The van der Waals surface area contributed by atoms with Crippen molar-refractivity contribution in [3.05, 3.63) is 0 Å². The zero-order valence-electron chi connectivity index (χ0n) is 10.9. The van der Waals surface area contributed by atoms with Gasteiger partial charge in [0.2, 0.25) is 0 Å². The van der Waals surface area contributed by atoms with Gasteiger partial charge in [-0.15, -0.1) is 0 Å². The van der Waals surface area contributed by atoms with Crippen molar-refractivity contribution in [3.8, 4) is 0 Å². The maximum absolute atomic E-state index is 6.00. The molecular formula is C11H21BN2O2. The predicted molar refractivity (Wildman–Crippen MR) is 65.6 cm³/mol. The molecule has 1 fully saturated rings. The van der Waals surface area contributed by atoms with Crippen LogP contribution < -0.4 is 0 Å². The quantitative estimate of drug-likeness (QED) is 0.670. The van der Waals surface area contributed by atoms with Gasteiger partial charge in [0.05, 0.1) is 17.0 Å². The minimum Gasteiger partial charge on any atom is -0.403 e. The number of hydrazone groups is 1. The molecule has 0 N–H and O–H groups in total. The Balaban J connectivity index is 2.02. The Morgan fingerprint density at radius 1 is 1.31 bits per heavy atom. The van der Waals surface area contributed by atoms with E-state index in [1.54, 1.807) is 0 Å². The minimum atomic E-state index is -0.245. The first-order chi connectivity index (χ1) is 7.36. The summed E-state index contributed by atoms with van der Waals surface area (Å²) in [6.45, 7) is 12.3. The van der Waals surface area contributed by atoms with Crippen molar-refractivity contribution in [3.63, 3.8) is 0 Å². The molecule has 0 amide bonds. The third kappa shape index (κ3) is 1.86. The van der Waals surface area contributed by atoms with Gasteiger partial charge in [0, 0.05) is 19.3 Å². The van der Waals surface area contributed by atoms with E-state index < -0.39 is 0 Å². The van der Waals surface area contributed by atoms with Gasteiger partial charge in [-0.05, 0) is 34.6 Å². The van der Waals surface area contributed by atoms with Crippen molar-refractivity contribution in [1.82, 2.24) is 5.01 Å². The molecule has 0 bridgehead atoms. The number of nitrogens with zero attached hydrogens (tertiary/aromatic N) is 2. The molecule has 5 heteroatoms. The lowest BCUT2D eigenvalue weighted by Gasteiger charge is -2.32. The molecule has 4 nitrogen and oxygen atoms in total. The molecule has 0 aromatic carbocycles. The molecule has 1 atom stereocenters.